The fourth-order valence-corrected chi connectivity index (χ4v) is 2.14. The van der Waals surface area contributed by atoms with E-state index < -0.39 is 0 Å². The first-order chi connectivity index (χ1) is 9.27. The maximum absolute atomic E-state index is 13.4. The minimum absolute atomic E-state index is 0.111. The zero-order valence-electron chi connectivity index (χ0n) is 11.3. The molecule has 1 unspecified atom stereocenters. The van der Waals surface area contributed by atoms with Crippen molar-refractivity contribution in [3.63, 3.8) is 0 Å². The number of hydrogen-bond donors (Lipinski definition) is 1. The molecule has 2 rings (SSSR count). The second kappa shape index (κ2) is 7.05. The first kappa shape index (κ1) is 13.8. The molecular formula is C17H20FN. The fourth-order valence-electron chi connectivity index (χ4n) is 2.14. The van der Waals surface area contributed by atoms with Gasteiger partial charge in [0.05, 0.1) is 0 Å². The molecule has 0 radical (unpaired) electrons. The van der Waals surface area contributed by atoms with Crippen molar-refractivity contribution >= 4 is 0 Å². The summed E-state index contributed by atoms with van der Waals surface area (Å²) in [6, 6.07) is 17.4. The van der Waals surface area contributed by atoms with Gasteiger partial charge in [-0.3, -0.25) is 0 Å². The summed E-state index contributed by atoms with van der Waals surface area (Å²) in [7, 11) is 0. The molecule has 0 bridgehead atoms. The molecule has 19 heavy (non-hydrogen) atoms. The van der Waals surface area contributed by atoms with Crippen LogP contribution in [0.15, 0.2) is 54.6 Å². The summed E-state index contributed by atoms with van der Waals surface area (Å²) >= 11 is 0. The summed E-state index contributed by atoms with van der Waals surface area (Å²) < 4.78 is 13.4. The SMILES string of the molecule is CC(CNCCc1ccccc1F)c1ccccc1. The van der Waals surface area contributed by atoms with Crippen molar-refractivity contribution in [2.45, 2.75) is 19.3 Å². The topological polar surface area (TPSA) is 12.0 Å². The Hall–Kier alpha value is -1.67. The van der Waals surface area contributed by atoms with Gasteiger partial charge in [-0.25, -0.2) is 4.39 Å². The number of halogens is 1. The van der Waals surface area contributed by atoms with Gasteiger partial charge < -0.3 is 5.32 Å². The maximum atomic E-state index is 13.4. The molecule has 0 heterocycles. The molecule has 0 amide bonds. The van der Waals surface area contributed by atoms with Crippen molar-refractivity contribution in [2.75, 3.05) is 13.1 Å². The van der Waals surface area contributed by atoms with Gasteiger partial charge in [-0.1, -0.05) is 55.5 Å². The summed E-state index contributed by atoms with van der Waals surface area (Å²) in [5.74, 6) is 0.363. The third-order valence-electron chi connectivity index (χ3n) is 3.35. The minimum Gasteiger partial charge on any atom is -0.316 e. The molecule has 100 valence electrons. The highest BCUT2D eigenvalue weighted by Crippen LogP contribution is 2.13. The van der Waals surface area contributed by atoms with E-state index in [9.17, 15) is 4.39 Å². The standard InChI is InChI=1S/C17H20FN/c1-14(15-7-3-2-4-8-15)13-19-12-11-16-9-5-6-10-17(16)18/h2-10,14,19H,11-13H2,1H3. The maximum Gasteiger partial charge on any atom is 0.126 e. The number of benzene rings is 2. The largest absolute Gasteiger partial charge is 0.316 e. The lowest BCUT2D eigenvalue weighted by molar-refractivity contribution is 0.584. The normalized spacial score (nSPS) is 12.3. The highest BCUT2D eigenvalue weighted by atomic mass is 19.1. The first-order valence-electron chi connectivity index (χ1n) is 6.76. The van der Waals surface area contributed by atoms with Crippen LogP contribution in [-0.2, 0) is 6.42 Å². The van der Waals surface area contributed by atoms with Crippen LogP contribution in [0, 0.1) is 5.82 Å². The average molecular weight is 257 g/mol. The molecule has 1 nitrogen and oxygen atoms in total. The Balaban J connectivity index is 1.74. The second-order valence-corrected chi connectivity index (χ2v) is 4.86. The van der Waals surface area contributed by atoms with E-state index in [1.54, 1.807) is 6.07 Å². The summed E-state index contributed by atoms with van der Waals surface area (Å²) in [4.78, 5) is 0. The van der Waals surface area contributed by atoms with Gasteiger partial charge in [-0.2, -0.15) is 0 Å². The molecule has 0 fully saturated rings. The molecule has 0 aliphatic carbocycles. The van der Waals surface area contributed by atoms with Crippen LogP contribution in [0.4, 0.5) is 4.39 Å². The van der Waals surface area contributed by atoms with Gasteiger partial charge in [0, 0.05) is 6.54 Å². The quantitative estimate of drug-likeness (QED) is 0.777. The van der Waals surface area contributed by atoms with Crippen LogP contribution in [0.5, 0.6) is 0 Å². The molecule has 0 aliphatic heterocycles. The van der Waals surface area contributed by atoms with Crippen LogP contribution >= 0.6 is 0 Å². The van der Waals surface area contributed by atoms with Gasteiger partial charge in [0.2, 0.25) is 0 Å². The Morgan fingerprint density at radius 2 is 1.68 bits per heavy atom. The van der Waals surface area contributed by atoms with Gasteiger partial charge in [0.25, 0.3) is 0 Å². The Morgan fingerprint density at radius 3 is 2.42 bits per heavy atom. The third kappa shape index (κ3) is 4.18. The summed E-state index contributed by atoms with van der Waals surface area (Å²) in [5, 5.41) is 3.39. The highest BCUT2D eigenvalue weighted by molar-refractivity contribution is 5.19. The van der Waals surface area contributed by atoms with Gasteiger partial charge in [-0.05, 0) is 36.1 Å². The predicted molar refractivity (Wildman–Crippen MR) is 77.8 cm³/mol. The molecule has 2 aromatic carbocycles. The van der Waals surface area contributed by atoms with Crippen LogP contribution in [0.2, 0.25) is 0 Å². The summed E-state index contributed by atoms with van der Waals surface area (Å²) in [6.07, 6.45) is 0.730. The number of rotatable bonds is 6. The Labute approximate surface area is 114 Å². The van der Waals surface area contributed by atoms with Crippen LogP contribution in [-0.4, -0.2) is 13.1 Å². The molecule has 0 aromatic heterocycles. The van der Waals surface area contributed by atoms with Crippen molar-refractivity contribution in [1.82, 2.24) is 5.32 Å². The summed E-state index contributed by atoms with van der Waals surface area (Å²) in [6.45, 7) is 3.92. The smallest absolute Gasteiger partial charge is 0.126 e. The van der Waals surface area contributed by atoms with Crippen LogP contribution in [0.25, 0.3) is 0 Å². The Morgan fingerprint density at radius 1 is 1.00 bits per heavy atom. The second-order valence-electron chi connectivity index (χ2n) is 4.86. The molecule has 2 heteroatoms. The lowest BCUT2D eigenvalue weighted by atomic mass is 10.0. The average Bonchev–Trinajstić information content (AvgIpc) is 2.46. The molecule has 0 saturated heterocycles. The van der Waals surface area contributed by atoms with Gasteiger partial charge in [0.15, 0.2) is 0 Å². The van der Waals surface area contributed by atoms with Crippen LogP contribution in [0.1, 0.15) is 24.0 Å². The van der Waals surface area contributed by atoms with Crippen molar-refractivity contribution in [1.29, 1.82) is 0 Å². The Kier molecular flexibility index (Phi) is 5.10. The van der Waals surface area contributed by atoms with Gasteiger partial charge >= 0.3 is 0 Å². The zero-order chi connectivity index (χ0) is 13.5. The number of nitrogens with one attached hydrogen (secondary N) is 1. The molecule has 2 aromatic rings. The molecule has 0 aliphatic rings. The fraction of sp³-hybridized carbons (Fsp3) is 0.294. The van der Waals surface area contributed by atoms with E-state index in [2.05, 4.69) is 36.5 Å². The van der Waals surface area contributed by atoms with Crippen molar-refractivity contribution in [2.24, 2.45) is 0 Å². The number of hydrogen-bond acceptors (Lipinski definition) is 1. The minimum atomic E-state index is -0.111. The van der Waals surface area contributed by atoms with E-state index in [4.69, 9.17) is 0 Å². The first-order valence-corrected chi connectivity index (χ1v) is 6.76. The van der Waals surface area contributed by atoms with Gasteiger partial charge in [-0.15, -0.1) is 0 Å². The van der Waals surface area contributed by atoms with Crippen LogP contribution in [0.3, 0.4) is 0 Å². The van der Waals surface area contributed by atoms with Crippen molar-refractivity contribution in [3.05, 3.63) is 71.5 Å². The highest BCUT2D eigenvalue weighted by Gasteiger charge is 2.04. The Bertz CT molecular complexity index is 496. The van der Waals surface area contributed by atoms with Gasteiger partial charge in [0.1, 0.15) is 5.82 Å². The van der Waals surface area contributed by atoms with E-state index in [1.807, 2.05) is 18.2 Å². The molecule has 0 saturated carbocycles. The van der Waals surface area contributed by atoms with E-state index >= 15 is 0 Å². The summed E-state index contributed by atoms with van der Waals surface area (Å²) in [5.41, 5.74) is 2.11. The lowest BCUT2D eigenvalue weighted by Crippen LogP contribution is -2.22. The molecule has 0 spiro atoms. The van der Waals surface area contributed by atoms with E-state index in [0.29, 0.717) is 5.92 Å². The molecular weight excluding hydrogens is 237 g/mol. The van der Waals surface area contributed by atoms with E-state index in [1.165, 1.54) is 11.6 Å². The van der Waals surface area contributed by atoms with E-state index in [0.717, 1.165) is 25.1 Å². The molecule has 1 N–H and O–H groups in total. The molecule has 1 atom stereocenters. The monoisotopic (exact) mass is 257 g/mol. The van der Waals surface area contributed by atoms with E-state index in [-0.39, 0.29) is 5.82 Å². The van der Waals surface area contributed by atoms with Crippen LogP contribution < -0.4 is 5.32 Å². The van der Waals surface area contributed by atoms with Crippen molar-refractivity contribution < 1.29 is 4.39 Å². The third-order valence-corrected chi connectivity index (χ3v) is 3.35. The van der Waals surface area contributed by atoms with Crippen molar-refractivity contribution in [3.8, 4) is 0 Å². The lowest BCUT2D eigenvalue weighted by Gasteiger charge is -2.13. The zero-order valence-corrected chi connectivity index (χ0v) is 11.3. The predicted octanol–water partition coefficient (Wildman–Crippen LogP) is 3.76.